The minimum Gasteiger partial charge on any atom is -0.340 e. The van der Waals surface area contributed by atoms with Gasteiger partial charge in [0.25, 0.3) is 5.91 Å². The van der Waals surface area contributed by atoms with E-state index in [1.165, 1.54) is 0 Å². The third-order valence-electron chi connectivity index (χ3n) is 4.25. The Morgan fingerprint density at radius 2 is 2.10 bits per heavy atom. The number of hydrogen-bond donors (Lipinski definition) is 1. The van der Waals surface area contributed by atoms with Gasteiger partial charge in [0.1, 0.15) is 11.6 Å². The van der Waals surface area contributed by atoms with Gasteiger partial charge in [0, 0.05) is 6.20 Å². The number of amides is 2. The molecule has 1 N–H and O–H groups in total. The lowest BCUT2D eigenvalue weighted by atomic mass is 9.87. The van der Waals surface area contributed by atoms with E-state index in [1.54, 1.807) is 24.2 Å². The molecule has 2 heterocycles. The zero-order chi connectivity index (χ0) is 15.8. The van der Waals surface area contributed by atoms with Crippen LogP contribution in [0, 0.1) is 12.8 Å². The van der Waals surface area contributed by atoms with Crippen molar-refractivity contribution in [1.29, 1.82) is 0 Å². The number of aryl methyl sites for hydroxylation is 1. The fourth-order valence-corrected chi connectivity index (χ4v) is 2.72. The second kappa shape index (κ2) is 5.47. The van der Waals surface area contributed by atoms with Crippen LogP contribution in [-0.4, -0.2) is 28.4 Å². The van der Waals surface area contributed by atoms with Crippen molar-refractivity contribution < 1.29 is 9.59 Å². The first-order valence-electron chi connectivity index (χ1n) is 7.38. The highest BCUT2D eigenvalue weighted by Gasteiger charge is 2.48. The normalized spacial score (nSPS) is 26.2. The highest BCUT2D eigenvalue weighted by atomic mass is 16.2. The number of nitrogens with one attached hydrogen (secondary N) is 1. The maximum atomic E-state index is 13.0. The molecule has 114 valence electrons. The Hall–Kier alpha value is -1.91. The molecule has 1 aromatic heterocycles. The fourth-order valence-electron chi connectivity index (χ4n) is 2.72. The van der Waals surface area contributed by atoms with E-state index >= 15 is 0 Å². The van der Waals surface area contributed by atoms with Crippen molar-refractivity contribution in [3.8, 4) is 0 Å². The van der Waals surface area contributed by atoms with Crippen LogP contribution in [0.5, 0.6) is 0 Å². The summed E-state index contributed by atoms with van der Waals surface area (Å²) < 4.78 is 0. The van der Waals surface area contributed by atoms with Gasteiger partial charge in [0.05, 0.1) is 11.9 Å². The minimum atomic E-state index is -0.856. The summed E-state index contributed by atoms with van der Waals surface area (Å²) in [5.41, 5.74) is 0.804. The Labute approximate surface area is 125 Å². The molecule has 0 bridgehead atoms. The zero-order valence-electron chi connectivity index (χ0n) is 13.3. The van der Waals surface area contributed by atoms with Crippen LogP contribution >= 0.6 is 0 Å². The summed E-state index contributed by atoms with van der Waals surface area (Å²) in [5.74, 6) is -0.147. The molecule has 2 atom stereocenters. The number of nitrogens with zero attached hydrogens (tertiary/aromatic N) is 2. The van der Waals surface area contributed by atoms with Crippen molar-refractivity contribution in [1.82, 2.24) is 10.3 Å². The number of carbonyl (C=O) groups is 2. The van der Waals surface area contributed by atoms with Gasteiger partial charge in [0.15, 0.2) is 0 Å². The fraction of sp³-hybridized carbons (Fsp3) is 0.562. The second-order valence-electron chi connectivity index (χ2n) is 6.20. The Kier molecular flexibility index (Phi) is 4.03. The number of hydrogen-bond acceptors (Lipinski definition) is 3. The van der Waals surface area contributed by atoms with Gasteiger partial charge in [-0.3, -0.25) is 19.5 Å². The summed E-state index contributed by atoms with van der Waals surface area (Å²) in [7, 11) is 0. The first-order chi connectivity index (χ1) is 9.81. The minimum absolute atomic E-state index is 0.0231. The smallest absolute Gasteiger partial charge is 0.253 e. The van der Waals surface area contributed by atoms with Crippen LogP contribution in [0.3, 0.4) is 0 Å². The molecule has 0 saturated carbocycles. The molecule has 1 aromatic rings. The van der Waals surface area contributed by atoms with Crippen LogP contribution in [-0.2, 0) is 9.59 Å². The van der Waals surface area contributed by atoms with Crippen molar-refractivity contribution in [2.75, 3.05) is 4.90 Å². The first kappa shape index (κ1) is 15.5. The Morgan fingerprint density at radius 1 is 1.43 bits per heavy atom. The third kappa shape index (κ3) is 2.52. The Bertz CT molecular complexity index is 570. The molecule has 21 heavy (non-hydrogen) atoms. The molecule has 1 aliphatic heterocycles. The lowest BCUT2D eigenvalue weighted by molar-refractivity contribution is -0.138. The standard InChI is InChI=1S/C16H23N3O2/c1-6-16(5)15(21)19(12-9-17-8-7-11(12)4)13(10(2)3)14(20)18-16/h7-10,13H,6H2,1-5H3,(H,18,20). The molecular formula is C16H23N3O2. The molecule has 2 amide bonds. The number of aromatic nitrogens is 1. The van der Waals surface area contributed by atoms with Gasteiger partial charge in [-0.25, -0.2) is 0 Å². The SMILES string of the molecule is CCC1(C)NC(=O)C(C(C)C)N(c2cnccc2C)C1=O. The summed E-state index contributed by atoms with van der Waals surface area (Å²) in [4.78, 5) is 31.3. The van der Waals surface area contributed by atoms with Crippen molar-refractivity contribution in [2.45, 2.75) is 52.6 Å². The van der Waals surface area contributed by atoms with Gasteiger partial charge < -0.3 is 5.32 Å². The molecule has 1 saturated heterocycles. The number of piperazine rings is 1. The van der Waals surface area contributed by atoms with E-state index in [0.29, 0.717) is 6.42 Å². The lowest BCUT2D eigenvalue weighted by Gasteiger charge is -2.45. The highest BCUT2D eigenvalue weighted by molar-refractivity contribution is 6.11. The van der Waals surface area contributed by atoms with Crippen molar-refractivity contribution in [3.05, 3.63) is 24.0 Å². The van der Waals surface area contributed by atoms with Gasteiger partial charge in [-0.2, -0.15) is 0 Å². The van der Waals surface area contributed by atoms with Gasteiger partial charge in [-0.15, -0.1) is 0 Å². The van der Waals surface area contributed by atoms with Crippen LogP contribution in [0.25, 0.3) is 0 Å². The Morgan fingerprint density at radius 3 is 2.62 bits per heavy atom. The molecule has 5 heteroatoms. The molecule has 0 aliphatic carbocycles. The predicted molar refractivity (Wildman–Crippen MR) is 81.9 cm³/mol. The van der Waals surface area contributed by atoms with E-state index in [9.17, 15) is 9.59 Å². The van der Waals surface area contributed by atoms with E-state index < -0.39 is 11.6 Å². The van der Waals surface area contributed by atoms with Gasteiger partial charge >= 0.3 is 0 Å². The first-order valence-corrected chi connectivity index (χ1v) is 7.38. The summed E-state index contributed by atoms with van der Waals surface area (Å²) in [6.07, 6.45) is 3.91. The van der Waals surface area contributed by atoms with E-state index in [-0.39, 0.29) is 17.7 Å². The quantitative estimate of drug-likeness (QED) is 0.926. The van der Waals surface area contributed by atoms with Crippen LogP contribution < -0.4 is 10.2 Å². The van der Waals surface area contributed by atoms with E-state index in [2.05, 4.69) is 10.3 Å². The third-order valence-corrected chi connectivity index (χ3v) is 4.25. The number of carbonyl (C=O) groups excluding carboxylic acids is 2. The molecule has 1 fully saturated rings. The largest absolute Gasteiger partial charge is 0.340 e. The molecular weight excluding hydrogens is 266 g/mol. The summed E-state index contributed by atoms with van der Waals surface area (Å²) in [5, 5.41) is 2.89. The molecule has 2 unspecified atom stereocenters. The number of anilines is 1. The molecule has 0 aromatic carbocycles. The molecule has 5 nitrogen and oxygen atoms in total. The van der Waals surface area contributed by atoms with Crippen molar-refractivity contribution >= 4 is 17.5 Å². The molecule has 1 aliphatic rings. The lowest BCUT2D eigenvalue weighted by Crippen LogP contribution is -2.70. The summed E-state index contributed by atoms with van der Waals surface area (Å²) >= 11 is 0. The van der Waals surface area contributed by atoms with E-state index in [0.717, 1.165) is 11.3 Å². The monoisotopic (exact) mass is 289 g/mol. The van der Waals surface area contributed by atoms with Crippen LogP contribution in [0.1, 0.15) is 39.7 Å². The van der Waals surface area contributed by atoms with Crippen LogP contribution in [0.4, 0.5) is 5.69 Å². The van der Waals surface area contributed by atoms with Crippen LogP contribution in [0.15, 0.2) is 18.5 Å². The zero-order valence-corrected chi connectivity index (χ0v) is 13.3. The second-order valence-corrected chi connectivity index (χ2v) is 6.20. The summed E-state index contributed by atoms with van der Waals surface area (Å²) in [6.45, 7) is 9.51. The highest BCUT2D eigenvalue weighted by Crippen LogP contribution is 2.31. The Balaban J connectivity index is 2.57. The van der Waals surface area contributed by atoms with Gasteiger partial charge in [-0.05, 0) is 37.8 Å². The average Bonchev–Trinajstić information content (AvgIpc) is 2.43. The van der Waals surface area contributed by atoms with Gasteiger partial charge in [0.2, 0.25) is 5.91 Å². The van der Waals surface area contributed by atoms with E-state index in [1.807, 2.05) is 33.8 Å². The number of rotatable bonds is 3. The van der Waals surface area contributed by atoms with Crippen molar-refractivity contribution in [3.63, 3.8) is 0 Å². The van der Waals surface area contributed by atoms with E-state index in [4.69, 9.17) is 0 Å². The maximum absolute atomic E-state index is 13.0. The predicted octanol–water partition coefficient (Wildman–Crippen LogP) is 2.05. The molecule has 0 spiro atoms. The summed E-state index contributed by atoms with van der Waals surface area (Å²) in [6, 6.07) is 1.36. The maximum Gasteiger partial charge on any atom is 0.253 e. The topological polar surface area (TPSA) is 62.3 Å². The van der Waals surface area contributed by atoms with Crippen molar-refractivity contribution in [2.24, 2.45) is 5.92 Å². The van der Waals surface area contributed by atoms with Gasteiger partial charge in [-0.1, -0.05) is 20.8 Å². The molecule has 0 radical (unpaired) electrons. The average molecular weight is 289 g/mol. The van der Waals surface area contributed by atoms with Crippen LogP contribution in [0.2, 0.25) is 0 Å². The molecule has 2 rings (SSSR count). The number of pyridine rings is 1.